The van der Waals surface area contributed by atoms with Crippen molar-refractivity contribution in [2.24, 2.45) is 0 Å². The highest BCUT2D eigenvalue weighted by atomic mass is 19.1. The van der Waals surface area contributed by atoms with Gasteiger partial charge in [0.2, 0.25) is 0 Å². The monoisotopic (exact) mass is 168 g/mol. The van der Waals surface area contributed by atoms with Crippen LogP contribution in [0.2, 0.25) is 0 Å². The Bertz CT molecular complexity index is 289. The summed E-state index contributed by atoms with van der Waals surface area (Å²) in [5.41, 5.74) is 1.69. The van der Waals surface area contributed by atoms with Gasteiger partial charge < -0.3 is 0 Å². The molecule has 0 aliphatic heterocycles. The quantitative estimate of drug-likeness (QED) is 0.555. The minimum Gasteiger partial charge on any atom is -0.210 e. The first-order chi connectivity index (χ1) is 5.41. The van der Waals surface area contributed by atoms with Gasteiger partial charge in [0.05, 0.1) is 0 Å². The fourth-order valence-electron chi connectivity index (χ4n) is 1.18. The van der Waals surface area contributed by atoms with Gasteiger partial charge in [-0.1, -0.05) is 20.8 Å². The summed E-state index contributed by atoms with van der Waals surface area (Å²) in [4.78, 5) is 7.19. The van der Waals surface area contributed by atoms with Crippen LogP contribution in [0.15, 0.2) is 6.20 Å². The van der Waals surface area contributed by atoms with Crippen LogP contribution in [-0.2, 0) is 5.41 Å². The van der Waals surface area contributed by atoms with Crippen LogP contribution in [0.5, 0.6) is 0 Å². The average molecular weight is 168 g/mol. The molecule has 0 fully saturated rings. The minimum absolute atomic E-state index is 0.0161. The van der Waals surface area contributed by atoms with Crippen molar-refractivity contribution >= 4 is 0 Å². The lowest BCUT2D eigenvalue weighted by Gasteiger charge is -2.19. The maximum atomic E-state index is 12.5. The van der Waals surface area contributed by atoms with E-state index >= 15 is 0 Å². The zero-order chi connectivity index (χ0) is 9.35. The van der Waals surface area contributed by atoms with E-state index in [4.69, 9.17) is 0 Å². The highest BCUT2D eigenvalue weighted by molar-refractivity contribution is 5.22. The van der Waals surface area contributed by atoms with Gasteiger partial charge in [0.25, 0.3) is 0 Å². The van der Waals surface area contributed by atoms with Crippen molar-refractivity contribution < 1.29 is 4.39 Å². The zero-order valence-electron chi connectivity index (χ0n) is 7.85. The summed E-state index contributed by atoms with van der Waals surface area (Å²) in [5.74, 6) is 0. The predicted octanol–water partition coefficient (Wildman–Crippen LogP) is 2.22. The molecule has 1 rings (SSSR count). The molecule has 0 spiro atoms. The van der Waals surface area contributed by atoms with E-state index in [2.05, 4.69) is 30.7 Å². The maximum absolute atomic E-state index is 12.5. The summed E-state index contributed by atoms with van der Waals surface area (Å²) in [5, 5.41) is 0. The fraction of sp³-hybridized carbons (Fsp3) is 0.556. The molecule has 2 nitrogen and oxygen atoms in total. The second-order valence-corrected chi connectivity index (χ2v) is 3.89. The molecule has 1 aromatic heterocycles. The third kappa shape index (κ3) is 1.78. The molecule has 0 atom stereocenters. The second kappa shape index (κ2) is 2.81. The second-order valence-electron chi connectivity index (χ2n) is 3.89. The molecule has 0 aromatic carbocycles. The molecule has 0 aliphatic carbocycles. The first-order valence-corrected chi connectivity index (χ1v) is 3.91. The van der Waals surface area contributed by atoms with Gasteiger partial charge >= 0.3 is 6.08 Å². The number of aromatic nitrogens is 2. The van der Waals surface area contributed by atoms with Crippen molar-refractivity contribution in [1.29, 1.82) is 0 Å². The van der Waals surface area contributed by atoms with E-state index in [0.29, 0.717) is 0 Å². The van der Waals surface area contributed by atoms with Crippen LogP contribution in [-0.4, -0.2) is 9.97 Å². The largest absolute Gasteiger partial charge is 0.308 e. The average Bonchev–Trinajstić information content (AvgIpc) is 1.83. The molecule has 12 heavy (non-hydrogen) atoms. The van der Waals surface area contributed by atoms with Crippen molar-refractivity contribution in [3.05, 3.63) is 23.5 Å². The Labute approximate surface area is 71.9 Å². The van der Waals surface area contributed by atoms with Gasteiger partial charge in [0, 0.05) is 11.9 Å². The number of halogens is 1. The summed E-state index contributed by atoms with van der Waals surface area (Å²) in [6, 6.07) is 0. The van der Waals surface area contributed by atoms with Crippen LogP contribution < -0.4 is 0 Å². The van der Waals surface area contributed by atoms with Crippen molar-refractivity contribution in [3.63, 3.8) is 0 Å². The van der Waals surface area contributed by atoms with Crippen LogP contribution in [0.1, 0.15) is 32.0 Å². The summed E-state index contributed by atoms with van der Waals surface area (Å²) in [6.45, 7) is 7.95. The Hall–Kier alpha value is -0.990. The lowest BCUT2D eigenvalue weighted by Crippen LogP contribution is -2.15. The summed E-state index contributed by atoms with van der Waals surface area (Å²) in [7, 11) is 0. The Morgan fingerprint density at radius 3 is 2.33 bits per heavy atom. The van der Waals surface area contributed by atoms with Crippen molar-refractivity contribution in [2.75, 3.05) is 0 Å². The number of nitrogens with zero attached hydrogens (tertiary/aromatic N) is 2. The standard InChI is InChI=1S/C9H13FN2/c1-6-7(9(2,3)4)5-11-8(10)12-6/h5H,1-4H3. The van der Waals surface area contributed by atoms with Crippen LogP contribution in [0.4, 0.5) is 4.39 Å². The molecule has 0 bridgehead atoms. The SMILES string of the molecule is Cc1nc(F)ncc1C(C)(C)C. The van der Waals surface area contributed by atoms with Gasteiger partial charge in [-0.15, -0.1) is 0 Å². The fourth-order valence-corrected chi connectivity index (χ4v) is 1.18. The van der Waals surface area contributed by atoms with Crippen LogP contribution in [0.3, 0.4) is 0 Å². The Morgan fingerprint density at radius 2 is 1.92 bits per heavy atom. The number of hydrogen-bond acceptors (Lipinski definition) is 2. The molecule has 0 aliphatic rings. The van der Waals surface area contributed by atoms with Crippen LogP contribution in [0.25, 0.3) is 0 Å². The molecule has 3 heteroatoms. The Morgan fingerprint density at radius 1 is 1.33 bits per heavy atom. The maximum Gasteiger partial charge on any atom is 0.308 e. The minimum atomic E-state index is -0.652. The first kappa shape index (κ1) is 9.10. The lowest BCUT2D eigenvalue weighted by molar-refractivity contribution is 0.514. The van der Waals surface area contributed by atoms with E-state index in [1.807, 2.05) is 0 Å². The molecule has 0 N–H and O–H groups in total. The van der Waals surface area contributed by atoms with E-state index in [9.17, 15) is 4.39 Å². The number of aryl methyl sites for hydroxylation is 1. The van der Waals surface area contributed by atoms with E-state index in [-0.39, 0.29) is 5.41 Å². The van der Waals surface area contributed by atoms with E-state index < -0.39 is 6.08 Å². The Kier molecular flexibility index (Phi) is 2.13. The van der Waals surface area contributed by atoms with Crippen molar-refractivity contribution in [2.45, 2.75) is 33.1 Å². The summed E-state index contributed by atoms with van der Waals surface area (Å²) >= 11 is 0. The molecule has 0 saturated heterocycles. The zero-order valence-corrected chi connectivity index (χ0v) is 7.85. The highest BCUT2D eigenvalue weighted by Gasteiger charge is 2.17. The highest BCUT2D eigenvalue weighted by Crippen LogP contribution is 2.23. The molecule has 66 valence electrons. The summed E-state index contributed by atoms with van der Waals surface area (Å²) < 4.78 is 12.5. The summed E-state index contributed by atoms with van der Waals surface area (Å²) in [6.07, 6.45) is 0.901. The molecule has 0 unspecified atom stereocenters. The van der Waals surface area contributed by atoms with E-state index in [0.717, 1.165) is 11.3 Å². The molecule has 1 aromatic rings. The van der Waals surface area contributed by atoms with Gasteiger partial charge in [-0.25, -0.2) is 9.97 Å². The molecular weight excluding hydrogens is 155 g/mol. The van der Waals surface area contributed by atoms with Gasteiger partial charge in [0.1, 0.15) is 0 Å². The smallest absolute Gasteiger partial charge is 0.210 e. The molecular formula is C9H13FN2. The van der Waals surface area contributed by atoms with Gasteiger partial charge in [-0.3, -0.25) is 0 Å². The van der Waals surface area contributed by atoms with Crippen LogP contribution in [0, 0.1) is 13.0 Å². The third-order valence-electron chi connectivity index (χ3n) is 1.76. The molecule has 0 saturated carbocycles. The first-order valence-electron chi connectivity index (χ1n) is 3.91. The van der Waals surface area contributed by atoms with Crippen molar-refractivity contribution in [1.82, 2.24) is 9.97 Å². The lowest BCUT2D eigenvalue weighted by atomic mass is 9.87. The Balaban J connectivity index is 3.19. The normalized spacial score (nSPS) is 11.8. The molecule has 1 heterocycles. The van der Waals surface area contributed by atoms with E-state index in [1.165, 1.54) is 0 Å². The van der Waals surface area contributed by atoms with Gasteiger partial charge in [-0.05, 0) is 17.9 Å². The number of hydrogen-bond donors (Lipinski definition) is 0. The van der Waals surface area contributed by atoms with Crippen molar-refractivity contribution in [3.8, 4) is 0 Å². The van der Waals surface area contributed by atoms with E-state index in [1.54, 1.807) is 13.1 Å². The third-order valence-corrected chi connectivity index (χ3v) is 1.76. The topological polar surface area (TPSA) is 25.8 Å². The molecule has 0 amide bonds. The van der Waals surface area contributed by atoms with Gasteiger partial charge in [0.15, 0.2) is 0 Å². The van der Waals surface area contributed by atoms with Gasteiger partial charge in [-0.2, -0.15) is 4.39 Å². The number of rotatable bonds is 0. The predicted molar refractivity (Wildman–Crippen MR) is 45.4 cm³/mol. The molecule has 0 radical (unpaired) electrons. The van der Waals surface area contributed by atoms with Crippen LogP contribution >= 0.6 is 0 Å².